The highest BCUT2D eigenvalue weighted by Crippen LogP contribution is 2.01. The average Bonchev–Trinajstić information content (AvgIpc) is 2.96. The fourth-order valence-corrected chi connectivity index (χ4v) is 2.77. The van der Waals surface area contributed by atoms with Gasteiger partial charge in [0.15, 0.2) is 11.8 Å². The summed E-state index contributed by atoms with van der Waals surface area (Å²) >= 11 is 1.89. The van der Waals surface area contributed by atoms with Crippen LogP contribution in [0.3, 0.4) is 0 Å². The van der Waals surface area contributed by atoms with Gasteiger partial charge in [-0.05, 0) is 37.3 Å². The van der Waals surface area contributed by atoms with E-state index < -0.39 is 0 Å². The molecule has 25 heavy (non-hydrogen) atoms. The van der Waals surface area contributed by atoms with Gasteiger partial charge in [0.2, 0.25) is 0 Å². The normalized spacial score (nSPS) is 11.6. The first-order valence-electron chi connectivity index (χ1n) is 8.60. The van der Waals surface area contributed by atoms with Crippen molar-refractivity contribution in [1.82, 2.24) is 25.4 Å². The number of thioether (sulfide) groups is 1. The molecule has 1 heterocycles. The van der Waals surface area contributed by atoms with Gasteiger partial charge >= 0.3 is 0 Å². The van der Waals surface area contributed by atoms with Crippen LogP contribution in [0.1, 0.15) is 30.1 Å². The van der Waals surface area contributed by atoms with Gasteiger partial charge in [0, 0.05) is 13.6 Å². The summed E-state index contributed by atoms with van der Waals surface area (Å²) in [7, 11) is 1.98. The number of benzene rings is 1. The van der Waals surface area contributed by atoms with Crippen molar-refractivity contribution in [3.05, 3.63) is 47.5 Å². The summed E-state index contributed by atoms with van der Waals surface area (Å²) in [6.07, 6.45) is 4.49. The van der Waals surface area contributed by atoms with Gasteiger partial charge in [-0.1, -0.05) is 30.3 Å². The molecule has 2 N–H and O–H groups in total. The topological polar surface area (TPSA) is 67.1 Å². The molecule has 0 bridgehead atoms. The molecule has 7 heteroatoms. The summed E-state index contributed by atoms with van der Waals surface area (Å²) in [6.45, 7) is 4.12. The Morgan fingerprint density at radius 3 is 2.64 bits per heavy atom. The first-order chi connectivity index (χ1) is 12.2. The average molecular weight is 361 g/mol. The first-order valence-corrected chi connectivity index (χ1v) is 10.00. The summed E-state index contributed by atoms with van der Waals surface area (Å²) in [4.78, 5) is 4.70. The predicted molar refractivity (Wildman–Crippen MR) is 106 cm³/mol. The highest BCUT2D eigenvalue weighted by Gasteiger charge is 2.06. The van der Waals surface area contributed by atoms with E-state index in [-0.39, 0.29) is 0 Å². The second-order valence-electron chi connectivity index (χ2n) is 5.85. The van der Waals surface area contributed by atoms with E-state index in [1.807, 2.05) is 48.5 Å². The van der Waals surface area contributed by atoms with Crippen LogP contribution < -0.4 is 10.6 Å². The lowest BCUT2D eigenvalue weighted by Gasteiger charge is -2.12. The van der Waals surface area contributed by atoms with Crippen molar-refractivity contribution in [2.45, 2.75) is 32.9 Å². The van der Waals surface area contributed by atoms with Gasteiger partial charge in [0.05, 0.1) is 13.1 Å². The van der Waals surface area contributed by atoms with Crippen molar-refractivity contribution in [2.75, 3.05) is 18.6 Å². The summed E-state index contributed by atoms with van der Waals surface area (Å²) < 4.78 is 1.99. The lowest BCUT2D eigenvalue weighted by molar-refractivity contribution is 0.697. The number of hydrogen-bond donors (Lipinski definition) is 2. The molecule has 0 aliphatic carbocycles. The zero-order valence-electron chi connectivity index (χ0n) is 15.3. The quantitative estimate of drug-likeness (QED) is 0.409. The molecule has 0 saturated heterocycles. The molecule has 0 aliphatic rings. The molecule has 136 valence electrons. The van der Waals surface area contributed by atoms with Crippen molar-refractivity contribution in [1.29, 1.82) is 0 Å². The number of unbranched alkanes of at least 4 members (excludes halogenated alkanes) is 1. The van der Waals surface area contributed by atoms with Crippen molar-refractivity contribution in [3.8, 4) is 0 Å². The van der Waals surface area contributed by atoms with Crippen LogP contribution in [0.5, 0.6) is 0 Å². The minimum absolute atomic E-state index is 0.600. The minimum Gasteiger partial charge on any atom is -0.356 e. The molecule has 0 aliphatic heterocycles. The summed E-state index contributed by atoms with van der Waals surface area (Å²) in [5.74, 6) is 3.82. The van der Waals surface area contributed by atoms with E-state index in [1.54, 1.807) is 0 Å². The Balaban J connectivity index is 1.91. The molecule has 2 rings (SSSR count). The zero-order chi connectivity index (χ0) is 17.9. The molecule has 0 radical (unpaired) electrons. The second kappa shape index (κ2) is 10.8. The van der Waals surface area contributed by atoms with Gasteiger partial charge in [-0.3, -0.25) is 0 Å². The van der Waals surface area contributed by atoms with E-state index in [4.69, 9.17) is 4.99 Å². The largest absolute Gasteiger partial charge is 0.356 e. The summed E-state index contributed by atoms with van der Waals surface area (Å²) in [6, 6.07) is 10.3. The molecule has 1 aromatic heterocycles. The van der Waals surface area contributed by atoms with Crippen LogP contribution in [0.4, 0.5) is 0 Å². The summed E-state index contributed by atoms with van der Waals surface area (Å²) in [5.41, 5.74) is 1.19. The monoisotopic (exact) mass is 360 g/mol. The number of nitrogens with one attached hydrogen (secondary N) is 2. The summed E-state index contributed by atoms with van der Waals surface area (Å²) in [5, 5.41) is 15.1. The van der Waals surface area contributed by atoms with E-state index in [9.17, 15) is 0 Å². The zero-order valence-corrected chi connectivity index (χ0v) is 16.1. The third-order valence-corrected chi connectivity index (χ3v) is 4.62. The fourth-order valence-electron chi connectivity index (χ4n) is 2.27. The Hall–Kier alpha value is -2.02. The molecule has 6 nitrogen and oxygen atoms in total. The van der Waals surface area contributed by atoms with Crippen molar-refractivity contribution >= 4 is 17.7 Å². The number of aliphatic imine (C=N–C) groups is 1. The number of guanidine groups is 1. The van der Waals surface area contributed by atoms with Crippen molar-refractivity contribution < 1.29 is 0 Å². The van der Waals surface area contributed by atoms with Gasteiger partial charge in [0.1, 0.15) is 5.82 Å². The third kappa shape index (κ3) is 6.78. The van der Waals surface area contributed by atoms with E-state index in [2.05, 4.69) is 39.2 Å². The maximum atomic E-state index is 4.70. The SMILES string of the molecule is CSCCCCNC(=NCc1ccccc1)NCc1nnc(C)n1C. The predicted octanol–water partition coefficient (Wildman–Crippen LogP) is 2.50. The van der Waals surface area contributed by atoms with Gasteiger partial charge in [0.25, 0.3) is 0 Å². The molecule has 0 atom stereocenters. The highest BCUT2D eigenvalue weighted by atomic mass is 32.2. The van der Waals surface area contributed by atoms with Crippen LogP contribution in [0.15, 0.2) is 35.3 Å². The Morgan fingerprint density at radius 1 is 1.16 bits per heavy atom. The molecule has 0 fully saturated rings. The number of aryl methyl sites for hydroxylation is 1. The van der Waals surface area contributed by atoms with E-state index in [0.717, 1.165) is 30.6 Å². The maximum absolute atomic E-state index is 4.70. The standard InChI is InChI=1S/C18H28N6S/c1-15-22-23-17(24(15)2)14-21-18(19-11-7-8-12-25-3)20-13-16-9-5-4-6-10-16/h4-6,9-10H,7-8,11-14H2,1-3H3,(H2,19,20,21). The van der Waals surface area contributed by atoms with Gasteiger partial charge in [-0.25, -0.2) is 4.99 Å². The van der Waals surface area contributed by atoms with Crippen LogP contribution in [0.25, 0.3) is 0 Å². The van der Waals surface area contributed by atoms with Gasteiger partial charge < -0.3 is 15.2 Å². The minimum atomic E-state index is 0.600. The number of nitrogens with zero attached hydrogens (tertiary/aromatic N) is 4. The molecular weight excluding hydrogens is 332 g/mol. The number of aromatic nitrogens is 3. The number of rotatable bonds is 9. The Kier molecular flexibility index (Phi) is 8.31. The lowest BCUT2D eigenvalue weighted by atomic mass is 10.2. The number of hydrogen-bond acceptors (Lipinski definition) is 4. The Morgan fingerprint density at radius 2 is 1.96 bits per heavy atom. The van der Waals surface area contributed by atoms with E-state index in [1.165, 1.54) is 17.7 Å². The highest BCUT2D eigenvalue weighted by molar-refractivity contribution is 7.98. The van der Waals surface area contributed by atoms with Gasteiger partial charge in [-0.15, -0.1) is 10.2 Å². The fraction of sp³-hybridized carbons (Fsp3) is 0.500. The lowest BCUT2D eigenvalue weighted by Crippen LogP contribution is -2.38. The Bertz CT molecular complexity index is 653. The molecular formula is C18H28N6S. The molecule has 0 saturated carbocycles. The Labute approximate surface area is 154 Å². The van der Waals surface area contributed by atoms with Crippen molar-refractivity contribution in [2.24, 2.45) is 12.0 Å². The second-order valence-corrected chi connectivity index (χ2v) is 6.84. The first kappa shape index (κ1) is 19.3. The van der Waals surface area contributed by atoms with Crippen LogP contribution in [-0.4, -0.2) is 39.3 Å². The van der Waals surface area contributed by atoms with E-state index in [0.29, 0.717) is 13.1 Å². The molecule has 0 amide bonds. The van der Waals surface area contributed by atoms with E-state index >= 15 is 0 Å². The third-order valence-electron chi connectivity index (χ3n) is 3.93. The smallest absolute Gasteiger partial charge is 0.191 e. The molecule has 1 aromatic carbocycles. The molecule has 2 aromatic rings. The van der Waals surface area contributed by atoms with Crippen LogP contribution in [0, 0.1) is 6.92 Å². The van der Waals surface area contributed by atoms with Crippen LogP contribution >= 0.6 is 11.8 Å². The van der Waals surface area contributed by atoms with Gasteiger partial charge in [-0.2, -0.15) is 11.8 Å². The molecule has 0 spiro atoms. The van der Waals surface area contributed by atoms with Crippen molar-refractivity contribution in [3.63, 3.8) is 0 Å². The molecule has 0 unspecified atom stereocenters. The maximum Gasteiger partial charge on any atom is 0.191 e. The van der Waals surface area contributed by atoms with Crippen LogP contribution in [0.2, 0.25) is 0 Å². The van der Waals surface area contributed by atoms with Crippen LogP contribution in [-0.2, 0) is 20.1 Å².